The van der Waals surface area contributed by atoms with Crippen LogP contribution >= 0.6 is 0 Å². The summed E-state index contributed by atoms with van der Waals surface area (Å²) >= 11 is 0. The number of benzene rings is 2. The first-order valence-corrected chi connectivity index (χ1v) is 6.91. The molecule has 2 aromatic carbocycles. The lowest BCUT2D eigenvalue weighted by molar-refractivity contribution is 0.0691. The Kier molecular flexibility index (Phi) is 4.95. The van der Waals surface area contributed by atoms with Crippen molar-refractivity contribution in [3.8, 4) is 5.75 Å². The SMILES string of the molecule is CCC(N)c1ccc(C(=O)O)c(OCc2ccccc2)c1. The third-order valence-electron chi connectivity index (χ3n) is 3.34. The van der Waals surface area contributed by atoms with Gasteiger partial charge in [0.2, 0.25) is 0 Å². The monoisotopic (exact) mass is 285 g/mol. The molecule has 4 heteroatoms. The molecule has 1 unspecified atom stereocenters. The van der Waals surface area contributed by atoms with E-state index in [0.717, 1.165) is 17.5 Å². The highest BCUT2D eigenvalue weighted by Gasteiger charge is 2.14. The van der Waals surface area contributed by atoms with Gasteiger partial charge >= 0.3 is 5.97 Å². The van der Waals surface area contributed by atoms with Gasteiger partial charge in [-0.2, -0.15) is 0 Å². The smallest absolute Gasteiger partial charge is 0.339 e. The summed E-state index contributed by atoms with van der Waals surface area (Å²) in [4.78, 5) is 11.3. The lowest BCUT2D eigenvalue weighted by Gasteiger charge is -2.14. The van der Waals surface area contributed by atoms with Crippen LogP contribution in [0.5, 0.6) is 5.75 Å². The second-order valence-electron chi connectivity index (χ2n) is 4.85. The first kappa shape index (κ1) is 15.1. The van der Waals surface area contributed by atoms with Crippen molar-refractivity contribution in [3.05, 3.63) is 65.2 Å². The van der Waals surface area contributed by atoms with Crippen LogP contribution in [0.25, 0.3) is 0 Å². The molecule has 0 aromatic heterocycles. The van der Waals surface area contributed by atoms with E-state index in [2.05, 4.69) is 0 Å². The molecule has 0 aliphatic rings. The van der Waals surface area contributed by atoms with Gasteiger partial charge in [0.25, 0.3) is 0 Å². The molecule has 0 amide bonds. The van der Waals surface area contributed by atoms with Gasteiger partial charge in [0.05, 0.1) is 0 Å². The number of nitrogens with two attached hydrogens (primary N) is 1. The van der Waals surface area contributed by atoms with Gasteiger partial charge in [-0.1, -0.05) is 43.3 Å². The van der Waals surface area contributed by atoms with Gasteiger partial charge < -0.3 is 15.6 Å². The number of carboxylic acids is 1. The van der Waals surface area contributed by atoms with Crippen LogP contribution in [0.4, 0.5) is 0 Å². The molecule has 0 aliphatic carbocycles. The number of aromatic carboxylic acids is 1. The Balaban J connectivity index is 2.24. The van der Waals surface area contributed by atoms with Crippen molar-refractivity contribution in [2.45, 2.75) is 26.0 Å². The second-order valence-corrected chi connectivity index (χ2v) is 4.85. The Hall–Kier alpha value is -2.33. The van der Waals surface area contributed by atoms with Crippen molar-refractivity contribution in [2.75, 3.05) is 0 Å². The van der Waals surface area contributed by atoms with Crippen LogP contribution in [-0.4, -0.2) is 11.1 Å². The highest BCUT2D eigenvalue weighted by atomic mass is 16.5. The van der Waals surface area contributed by atoms with Gasteiger partial charge in [0.15, 0.2) is 0 Å². The van der Waals surface area contributed by atoms with E-state index in [1.54, 1.807) is 18.2 Å². The molecular weight excluding hydrogens is 266 g/mol. The van der Waals surface area contributed by atoms with Crippen LogP contribution in [0.15, 0.2) is 48.5 Å². The van der Waals surface area contributed by atoms with E-state index in [9.17, 15) is 9.90 Å². The minimum atomic E-state index is -1.00. The van der Waals surface area contributed by atoms with Gasteiger partial charge in [-0.15, -0.1) is 0 Å². The first-order chi connectivity index (χ1) is 10.1. The molecule has 110 valence electrons. The van der Waals surface area contributed by atoms with Crippen LogP contribution in [-0.2, 0) is 6.61 Å². The topological polar surface area (TPSA) is 72.6 Å². The highest BCUT2D eigenvalue weighted by Crippen LogP contribution is 2.25. The fraction of sp³-hybridized carbons (Fsp3) is 0.235. The summed E-state index contributed by atoms with van der Waals surface area (Å²) in [5.74, 6) is -0.651. The molecule has 0 bridgehead atoms. The van der Waals surface area contributed by atoms with Crippen LogP contribution in [0.2, 0.25) is 0 Å². The largest absolute Gasteiger partial charge is 0.488 e. The lowest BCUT2D eigenvalue weighted by atomic mass is 10.0. The zero-order valence-electron chi connectivity index (χ0n) is 12.0. The molecule has 0 aliphatic heterocycles. The van der Waals surface area contributed by atoms with Crippen molar-refractivity contribution < 1.29 is 14.6 Å². The molecular formula is C17H19NO3. The molecule has 0 fully saturated rings. The highest BCUT2D eigenvalue weighted by molar-refractivity contribution is 5.91. The molecule has 1 atom stereocenters. The van der Waals surface area contributed by atoms with Crippen LogP contribution in [0, 0.1) is 0 Å². The van der Waals surface area contributed by atoms with E-state index >= 15 is 0 Å². The quantitative estimate of drug-likeness (QED) is 0.853. The lowest BCUT2D eigenvalue weighted by Crippen LogP contribution is -2.10. The van der Waals surface area contributed by atoms with E-state index in [1.165, 1.54) is 0 Å². The normalized spacial score (nSPS) is 11.9. The summed E-state index contributed by atoms with van der Waals surface area (Å²) in [7, 11) is 0. The number of ether oxygens (including phenoxy) is 1. The predicted octanol–water partition coefficient (Wildman–Crippen LogP) is 3.37. The molecule has 4 nitrogen and oxygen atoms in total. The molecule has 2 rings (SSSR count). The molecule has 0 saturated carbocycles. The van der Waals surface area contributed by atoms with Crippen molar-refractivity contribution in [3.63, 3.8) is 0 Å². The van der Waals surface area contributed by atoms with E-state index in [1.807, 2.05) is 37.3 Å². The molecule has 0 heterocycles. The zero-order valence-corrected chi connectivity index (χ0v) is 12.0. The van der Waals surface area contributed by atoms with E-state index in [4.69, 9.17) is 10.5 Å². The molecule has 2 aromatic rings. The molecule has 3 N–H and O–H groups in total. The Morgan fingerprint density at radius 2 is 1.95 bits per heavy atom. The summed E-state index contributed by atoms with van der Waals surface area (Å²) < 4.78 is 5.68. The zero-order chi connectivity index (χ0) is 15.2. The second kappa shape index (κ2) is 6.90. The number of hydrogen-bond donors (Lipinski definition) is 2. The van der Waals surface area contributed by atoms with Gasteiger partial charge in [-0.05, 0) is 29.7 Å². The predicted molar refractivity (Wildman–Crippen MR) is 81.4 cm³/mol. The Bertz CT molecular complexity index is 611. The van der Waals surface area contributed by atoms with Gasteiger partial charge in [0, 0.05) is 6.04 Å². The van der Waals surface area contributed by atoms with Crippen LogP contribution in [0.1, 0.15) is 40.9 Å². The van der Waals surface area contributed by atoms with E-state index in [-0.39, 0.29) is 11.6 Å². The average Bonchev–Trinajstić information content (AvgIpc) is 2.52. The summed E-state index contributed by atoms with van der Waals surface area (Å²) in [5.41, 5.74) is 8.01. The maximum Gasteiger partial charge on any atom is 0.339 e. The number of carboxylic acid groups (broad SMARTS) is 1. The fourth-order valence-electron chi connectivity index (χ4n) is 2.04. The number of rotatable bonds is 6. The van der Waals surface area contributed by atoms with Gasteiger partial charge in [-0.25, -0.2) is 4.79 Å². The summed E-state index contributed by atoms with van der Waals surface area (Å²) in [6, 6.07) is 14.5. The van der Waals surface area contributed by atoms with Gasteiger partial charge in [-0.3, -0.25) is 0 Å². The van der Waals surface area contributed by atoms with Crippen LogP contribution < -0.4 is 10.5 Å². The molecule has 0 radical (unpaired) electrons. The third kappa shape index (κ3) is 3.83. The molecule has 0 spiro atoms. The Morgan fingerprint density at radius 3 is 2.57 bits per heavy atom. The maximum atomic E-state index is 11.3. The standard InChI is InChI=1S/C17H19NO3/c1-2-15(18)13-8-9-14(17(19)20)16(10-13)21-11-12-6-4-3-5-7-12/h3-10,15H,2,11,18H2,1H3,(H,19,20). The minimum Gasteiger partial charge on any atom is -0.488 e. The van der Waals surface area contributed by atoms with Crippen molar-refractivity contribution in [1.29, 1.82) is 0 Å². The minimum absolute atomic E-state index is 0.119. The number of hydrogen-bond acceptors (Lipinski definition) is 3. The Labute approximate surface area is 124 Å². The van der Waals surface area contributed by atoms with Crippen LogP contribution in [0.3, 0.4) is 0 Å². The van der Waals surface area contributed by atoms with Crippen molar-refractivity contribution in [1.82, 2.24) is 0 Å². The maximum absolute atomic E-state index is 11.3. The van der Waals surface area contributed by atoms with Gasteiger partial charge in [0.1, 0.15) is 17.9 Å². The summed E-state index contributed by atoms with van der Waals surface area (Å²) in [6.07, 6.45) is 0.782. The summed E-state index contributed by atoms with van der Waals surface area (Å²) in [5, 5.41) is 9.24. The summed E-state index contributed by atoms with van der Waals surface area (Å²) in [6.45, 7) is 2.31. The first-order valence-electron chi connectivity index (χ1n) is 6.91. The average molecular weight is 285 g/mol. The molecule has 0 saturated heterocycles. The van der Waals surface area contributed by atoms with E-state index < -0.39 is 5.97 Å². The third-order valence-corrected chi connectivity index (χ3v) is 3.34. The Morgan fingerprint density at radius 1 is 1.24 bits per heavy atom. The van der Waals surface area contributed by atoms with E-state index in [0.29, 0.717) is 12.4 Å². The van der Waals surface area contributed by atoms with Crippen molar-refractivity contribution in [2.24, 2.45) is 5.73 Å². The van der Waals surface area contributed by atoms with Crippen molar-refractivity contribution >= 4 is 5.97 Å². The number of carbonyl (C=O) groups is 1. The fourth-order valence-corrected chi connectivity index (χ4v) is 2.04. The molecule has 21 heavy (non-hydrogen) atoms.